The van der Waals surface area contributed by atoms with Gasteiger partial charge in [-0.25, -0.2) is 0 Å². The zero-order chi connectivity index (χ0) is 17.6. The van der Waals surface area contributed by atoms with Crippen LogP contribution in [0.15, 0.2) is 12.2 Å². The first kappa shape index (κ1) is 24.4. The predicted molar refractivity (Wildman–Crippen MR) is 99.8 cm³/mol. The zero-order valence-electron chi connectivity index (χ0n) is 15.6. The molecule has 3 heteroatoms. The molecule has 0 aliphatic rings. The number of aliphatic carboxylic acids is 1. The van der Waals surface area contributed by atoms with Crippen LogP contribution in [0.1, 0.15) is 104 Å². The fourth-order valence-electron chi connectivity index (χ4n) is 2.36. The van der Waals surface area contributed by atoms with Crippen molar-refractivity contribution in [1.29, 1.82) is 0 Å². The first-order valence-electron chi connectivity index (χ1n) is 9.60. The molecule has 2 N–H and O–H groups in total. The van der Waals surface area contributed by atoms with E-state index in [-0.39, 0.29) is 0 Å². The smallest absolute Gasteiger partial charge is 0.300 e. The molecule has 0 atom stereocenters. The third-order valence-corrected chi connectivity index (χ3v) is 3.67. The number of aliphatic hydroxyl groups is 1. The Labute approximate surface area is 144 Å². The lowest BCUT2D eigenvalue weighted by atomic mass is 10.1. The SMILES string of the molecule is CC(=O)O.CCCCCCC=CCCCCCCCCCCO. The summed E-state index contributed by atoms with van der Waals surface area (Å²) in [4.78, 5) is 9.00. The van der Waals surface area contributed by atoms with E-state index in [1.54, 1.807) is 0 Å². The summed E-state index contributed by atoms with van der Waals surface area (Å²) in [6.07, 6.45) is 23.2. The number of carboxylic acids is 1. The molecule has 0 amide bonds. The molecule has 0 aromatic rings. The molecule has 0 rings (SSSR count). The van der Waals surface area contributed by atoms with Crippen molar-refractivity contribution in [3.63, 3.8) is 0 Å². The molecule has 0 aromatic carbocycles. The normalized spacial score (nSPS) is 10.6. The van der Waals surface area contributed by atoms with Crippen LogP contribution in [0, 0.1) is 0 Å². The van der Waals surface area contributed by atoms with Crippen molar-refractivity contribution in [2.45, 2.75) is 104 Å². The topological polar surface area (TPSA) is 57.5 Å². The molecule has 0 heterocycles. The number of allylic oxidation sites excluding steroid dienone is 2. The van der Waals surface area contributed by atoms with Crippen LogP contribution in [0.5, 0.6) is 0 Å². The van der Waals surface area contributed by atoms with Crippen LogP contribution in [0.3, 0.4) is 0 Å². The van der Waals surface area contributed by atoms with E-state index in [1.807, 2.05) is 0 Å². The van der Waals surface area contributed by atoms with E-state index in [0.717, 1.165) is 13.3 Å². The van der Waals surface area contributed by atoms with Crippen LogP contribution in [-0.4, -0.2) is 22.8 Å². The molecule has 0 aliphatic heterocycles. The van der Waals surface area contributed by atoms with Crippen molar-refractivity contribution in [2.24, 2.45) is 0 Å². The first-order chi connectivity index (χ1) is 11.1. The summed E-state index contributed by atoms with van der Waals surface area (Å²) in [5, 5.41) is 16.1. The third-order valence-electron chi connectivity index (χ3n) is 3.67. The lowest BCUT2D eigenvalue weighted by Crippen LogP contribution is -1.84. The molecule has 138 valence electrons. The first-order valence-corrected chi connectivity index (χ1v) is 9.60. The van der Waals surface area contributed by atoms with Gasteiger partial charge in [0.1, 0.15) is 0 Å². The highest BCUT2D eigenvalue weighted by Crippen LogP contribution is 2.10. The van der Waals surface area contributed by atoms with Gasteiger partial charge in [-0.2, -0.15) is 0 Å². The Morgan fingerprint density at radius 2 is 1.09 bits per heavy atom. The van der Waals surface area contributed by atoms with Gasteiger partial charge in [0.05, 0.1) is 0 Å². The van der Waals surface area contributed by atoms with Crippen LogP contribution in [0.25, 0.3) is 0 Å². The number of carbonyl (C=O) groups is 1. The average Bonchev–Trinajstić information content (AvgIpc) is 2.50. The van der Waals surface area contributed by atoms with E-state index in [0.29, 0.717) is 6.61 Å². The van der Waals surface area contributed by atoms with Crippen molar-refractivity contribution < 1.29 is 15.0 Å². The second kappa shape index (κ2) is 23.4. The largest absolute Gasteiger partial charge is 0.481 e. The maximum atomic E-state index is 9.00. The lowest BCUT2D eigenvalue weighted by Gasteiger charge is -2.00. The molecule has 0 aromatic heterocycles. The molecule has 0 saturated heterocycles. The predicted octanol–water partition coefficient (Wildman–Crippen LogP) is 6.11. The van der Waals surface area contributed by atoms with Crippen LogP contribution in [0.2, 0.25) is 0 Å². The summed E-state index contributed by atoms with van der Waals surface area (Å²) >= 11 is 0. The van der Waals surface area contributed by atoms with Gasteiger partial charge in [-0.05, 0) is 32.1 Å². The van der Waals surface area contributed by atoms with E-state index in [1.165, 1.54) is 83.5 Å². The average molecular weight is 329 g/mol. The molecule has 0 saturated carbocycles. The molecule has 0 unspecified atom stereocenters. The summed E-state index contributed by atoms with van der Waals surface area (Å²) in [5.74, 6) is -0.833. The number of carboxylic acid groups (broad SMARTS) is 1. The molecule has 0 fully saturated rings. The van der Waals surface area contributed by atoms with Gasteiger partial charge >= 0.3 is 0 Å². The molecular formula is C20H40O3. The van der Waals surface area contributed by atoms with Gasteiger partial charge in [0.25, 0.3) is 5.97 Å². The molecule has 0 bridgehead atoms. The monoisotopic (exact) mass is 328 g/mol. The lowest BCUT2D eigenvalue weighted by molar-refractivity contribution is -0.134. The quantitative estimate of drug-likeness (QED) is 0.282. The summed E-state index contributed by atoms with van der Waals surface area (Å²) in [6.45, 7) is 3.72. The van der Waals surface area contributed by atoms with E-state index in [4.69, 9.17) is 15.0 Å². The summed E-state index contributed by atoms with van der Waals surface area (Å²) in [7, 11) is 0. The van der Waals surface area contributed by atoms with Gasteiger partial charge < -0.3 is 10.2 Å². The van der Waals surface area contributed by atoms with Crippen molar-refractivity contribution in [1.82, 2.24) is 0 Å². The third kappa shape index (κ3) is 33.8. The Bertz CT molecular complexity index is 245. The minimum Gasteiger partial charge on any atom is -0.481 e. The Morgan fingerprint density at radius 1 is 0.739 bits per heavy atom. The molecule has 23 heavy (non-hydrogen) atoms. The molecular weight excluding hydrogens is 288 g/mol. The van der Waals surface area contributed by atoms with E-state index < -0.39 is 5.97 Å². The number of unbranched alkanes of at least 4 members (excludes halogenated alkanes) is 12. The van der Waals surface area contributed by atoms with Crippen LogP contribution in [0.4, 0.5) is 0 Å². The Kier molecular flexibility index (Phi) is 24.9. The highest BCUT2D eigenvalue weighted by Gasteiger charge is 1.91. The van der Waals surface area contributed by atoms with E-state index in [2.05, 4.69) is 19.1 Å². The Morgan fingerprint density at radius 3 is 1.48 bits per heavy atom. The van der Waals surface area contributed by atoms with Gasteiger partial charge in [0.15, 0.2) is 0 Å². The second-order valence-electron chi connectivity index (χ2n) is 6.18. The number of aliphatic hydroxyl groups excluding tert-OH is 1. The highest BCUT2D eigenvalue weighted by atomic mass is 16.4. The van der Waals surface area contributed by atoms with E-state index >= 15 is 0 Å². The summed E-state index contributed by atoms with van der Waals surface area (Å²) in [6, 6.07) is 0. The summed E-state index contributed by atoms with van der Waals surface area (Å²) < 4.78 is 0. The zero-order valence-corrected chi connectivity index (χ0v) is 15.6. The standard InChI is InChI=1S/C18H36O.C2H4O2/c1-2-3-4-5-6-7-8-9-10-11-12-13-14-15-16-17-18-19;1-2(3)4/h7-8,19H,2-6,9-18H2,1H3;1H3,(H,3,4). The Balaban J connectivity index is 0. The van der Waals surface area contributed by atoms with Gasteiger partial charge in [0, 0.05) is 13.5 Å². The van der Waals surface area contributed by atoms with Crippen molar-refractivity contribution >= 4 is 5.97 Å². The highest BCUT2D eigenvalue weighted by molar-refractivity contribution is 5.62. The molecule has 0 radical (unpaired) electrons. The van der Waals surface area contributed by atoms with Crippen LogP contribution >= 0.6 is 0 Å². The fourth-order valence-corrected chi connectivity index (χ4v) is 2.36. The minimum absolute atomic E-state index is 0.366. The Hall–Kier alpha value is -0.830. The molecule has 3 nitrogen and oxygen atoms in total. The van der Waals surface area contributed by atoms with Crippen molar-refractivity contribution in [3.8, 4) is 0 Å². The number of hydrogen-bond donors (Lipinski definition) is 2. The van der Waals surface area contributed by atoms with Gasteiger partial charge in [-0.3, -0.25) is 4.79 Å². The maximum absolute atomic E-state index is 9.00. The van der Waals surface area contributed by atoms with Gasteiger partial charge in [0.2, 0.25) is 0 Å². The van der Waals surface area contributed by atoms with Crippen molar-refractivity contribution in [3.05, 3.63) is 12.2 Å². The molecule has 0 aliphatic carbocycles. The number of hydrogen-bond acceptors (Lipinski definition) is 2. The molecule has 0 spiro atoms. The van der Waals surface area contributed by atoms with Gasteiger partial charge in [-0.15, -0.1) is 0 Å². The van der Waals surface area contributed by atoms with Gasteiger partial charge in [-0.1, -0.05) is 76.9 Å². The summed E-state index contributed by atoms with van der Waals surface area (Å²) in [5.41, 5.74) is 0. The van der Waals surface area contributed by atoms with E-state index in [9.17, 15) is 0 Å². The van der Waals surface area contributed by atoms with Crippen molar-refractivity contribution in [2.75, 3.05) is 6.61 Å². The maximum Gasteiger partial charge on any atom is 0.300 e. The minimum atomic E-state index is -0.833. The second-order valence-corrected chi connectivity index (χ2v) is 6.18. The number of rotatable bonds is 15. The van der Waals surface area contributed by atoms with Crippen LogP contribution < -0.4 is 0 Å². The fraction of sp³-hybridized carbons (Fsp3) is 0.850. The van der Waals surface area contributed by atoms with Crippen LogP contribution in [-0.2, 0) is 4.79 Å².